The second-order valence-corrected chi connectivity index (χ2v) is 9.54. The Morgan fingerprint density at radius 3 is 2.06 bits per heavy atom. The summed E-state index contributed by atoms with van der Waals surface area (Å²) in [6.07, 6.45) is 3.99. The molecule has 0 aromatic rings. The lowest BCUT2D eigenvalue weighted by Gasteiger charge is -2.29. The van der Waals surface area contributed by atoms with E-state index in [1.54, 1.807) is 0 Å². The van der Waals surface area contributed by atoms with Gasteiger partial charge in [-0.3, -0.25) is 19.2 Å². The minimum Gasteiger partial charge on any atom is -0.426 e. The average molecular weight is 440 g/mol. The minimum absolute atomic E-state index is 0.0272. The highest BCUT2D eigenvalue weighted by atomic mass is 16.4. The summed E-state index contributed by atoms with van der Waals surface area (Å²) in [4.78, 5) is 49.3. The molecule has 0 bridgehead atoms. The van der Waals surface area contributed by atoms with Crippen LogP contribution in [0.3, 0.4) is 0 Å². The van der Waals surface area contributed by atoms with Gasteiger partial charge in [0.15, 0.2) is 0 Å². The molecule has 0 heterocycles. The lowest BCUT2D eigenvalue weighted by molar-refractivity contribution is -0.133. The number of nitrogens with one attached hydrogen (secondary N) is 4. The van der Waals surface area contributed by atoms with E-state index in [-0.39, 0.29) is 23.8 Å². The summed E-state index contributed by atoms with van der Waals surface area (Å²) in [6, 6.07) is -1.59. The molecule has 0 radical (unpaired) electrons. The van der Waals surface area contributed by atoms with Gasteiger partial charge in [-0.1, -0.05) is 33.6 Å². The van der Waals surface area contributed by atoms with Gasteiger partial charge in [0, 0.05) is 6.92 Å². The van der Waals surface area contributed by atoms with Gasteiger partial charge in [-0.05, 0) is 37.5 Å². The first-order valence-corrected chi connectivity index (χ1v) is 10.8. The number of hydrogen-bond donors (Lipinski definition) is 6. The van der Waals surface area contributed by atoms with Gasteiger partial charge < -0.3 is 31.3 Å². The van der Waals surface area contributed by atoms with Crippen LogP contribution in [-0.4, -0.2) is 65.4 Å². The Hall–Kier alpha value is -2.14. The summed E-state index contributed by atoms with van der Waals surface area (Å²) >= 11 is 0. The van der Waals surface area contributed by atoms with Gasteiger partial charge in [0.05, 0.1) is 12.5 Å². The van der Waals surface area contributed by atoms with Crippen LogP contribution in [0.5, 0.6) is 0 Å². The second kappa shape index (κ2) is 12.0. The Balaban J connectivity index is 2.82. The Bertz CT molecular complexity index is 646. The first-order chi connectivity index (χ1) is 14.3. The van der Waals surface area contributed by atoms with Gasteiger partial charge in [0.25, 0.3) is 0 Å². The summed E-state index contributed by atoms with van der Waals surface area (Å²) in [5, 5.41) is 28.4. The lowest BCUT2D eigenvalue weighted by atomic mass is 9.81. The first-order valence-electron chi connectivity index (χ1n) is 10.8. The molecule has 1 fully saturated rings. The van der Waals surface area contributed by atoms with Crippen molar-refractivity contribution in [2.24, 2.45) is 11.3 Å². The predicted octanol–water partition coefficient (Wildman–Crippen LogP) is -0.765. The zero-order chi connectivity index (χ0) is 23.8. The molecule has 0 unspecified atom stereocenters. The maximum absolute atomic E-state index is 13.0. The van der Waals surface area contributed by atoms with Crippen molar-refractivity contribution in [2.75, 3.05) is 6.54 Å². The topological polar surface area (TPSA) is 157 Å². The molecule has 0 aromatic carbocycles. The van der Waals surface area contributed by atoms with E-state index < -0.39 is 42.9 Å². The van der Waals surface area contributed by atoms with Crippen LogP contribution in [0.2, 0.25) is 0 Å². The van der Waals surface area contributed by atoms with Crippen molar-refractivity contribution in [3.63, 3.8) is 0 Å². The molecular weight excluding hydrogens is 403 g/mol. The van der Waals surface area contributed by atoms with Crippen LogP contribution in [0, 0.1) is 11.3 Å². The van der Waals surface area contributed by atoms with Crippen molar-refractivity contribution in [1.82, 2.24) is 21.3 Å². The van der Waals surface area contributed by atoms with Gasteiger partial charge in [-0.2, -0.15) is 0 Å². The molecule has 1 rings (SSSR count). The summed E-state index contributed by atoms with van der Waals surface area (Å²) in [7, 11) is -1.71. The molecular formula is C20H37BN4O6. The van der Waals surface area contributed by atoms with Crippen LogP contribution in [0.25, 0.3) is 0 Å². The molecule has 1 saturated carbocycles. The van der Waals surface area contributed by atoms with E-state index in [0.717, 1.165) is 25.7 Å². The number of carbonyl (C=O) groups is 4. The van der Waals surface area contributed by atoms with Gasteiger partial charge in [-0.25, -0.2) is 0 Å². The molecule has 4 amide bonds. The van der Waals surface area contributed by atoms with Crippen LogP contribution in [-0.2, 0) is 19.2 Å². The Morgan fingerprint density at radius 1 is 1.00 bits per heavy atom. The zero-order valence-electron chi connectivity index (χ0n) is 19.2. The number of hydrogen-bond acceptors (Lipinski definition) is 6. The molecule has 1 aliphatic rings. The first kappa shape index (κ1) is 26.9. The summed E-state index contributed by atoms with van der Waals surface area (Å²) in [6.45, 7) is 8.19. The van der Waals surface area contributed by atoms with E-state index in [4.69, 9.17) is 10.0 Å². The SMILES string of the molecule is CC(=O)N[C@H](C(=O)N[C@@H](CC(C)(C)C)C(=O)NCC(=O)N[C@@H](C)B(O)O)C1CCCC1. The molecule has 0 saturated heterocycles. The third kappa shape index (κ3) is 10.1. The van der Waals surface area contributed by atoms with Gasteiger partial charge >= 0.3 is 7.12 Å². The molecule has 1 aliphatic carbocycles. The van der Waals surface area contributed by atoms with E-state index in [0.29, 0.717) is 6.42 Å². The summed E-state index contributed by atoms with van der Waals surface area (Å²) in [5.74, 6) is -2.69. The molecule has 11 heteroatoms. The Morgan fingerprint density at radius 2 is 1.58 bits per heavy atom. The largest absolute Gasteiger partial charge is 0.475 e. The predicted molar refractivity (Wildman–Crippen MR) is 116 cm³/mol. The quantitative estimate of drug-likeness (QED) is 0.245. The van der Waals surface area contributed by atoms with E-state index in [2.05, 4.69) is 21.3 Å². The smallest absolute Gasteiger partial charge is 0.426 e. The highest BCUT2D eigenvalue weighted by molar-refractivity contribution is 6.43. The third-order valence-electron chi connectivity index (χ3n) is 5.22. The molecule has 0 spiro atoms. The molecule has 176 valence electrons. The molecule has 3 atom stereocenters. The van der Waals surface area contributed by atoms with Crippen molar-refractivity contribution in [2.45, 2.75) is 84.7 Å². The number of rotatable bonds is 10. The lowest BCUT2D eigenvalue weighted by Crippen LogP contribution is -2.57. The number of amides is 4. The normalized spacial score (nSPS) is 17.3. The molecule has 31 heavy (non-hydrogen) atoms. The maximum Gasteiger partial charge on any atom is 0.475 e. The van der Waals surface area contributed by atoms with Crippen molar-refractivity contribution in [3.05, 3.63) is 0 Å². The Kier molecular flexibility index (Phi) is 10.4. The van der Waals surface area contributed by atoms with E-state index in [9.17, 15) is 19.2 Å². The van der Waals surface area contributed by atoms with Crippen LogP contribution in [0.1, 0.15) is 66.7 Å². The second-order valence-electron chi connectivity index (χ2n) is 9.54. The summed E-state index contributed by atoms with van der Waals surface area (Å²) in [5.41, 5.74) is -0.288. The highest BCUT2D eigenvalue weighted by Crippen LogP contribution is 2.28. The van der Waals surface area contributed by atoms with Crippen molar-refractivity contribution in [1.29, 1.82) is 0 Å². The third-order valence-corrected chi connectivity index (χ3v) is 5.22. The van der Waals surface area contributed by atoms with Crippen LogP contribution < -0.4 is 21.3 Å². The van der Waals surface area contributed by atoms with E-state index in [1.807, 2.05) is 20.8 Å². The summed E-state index contributed by atoms with van der Waals surface area (Å²) < 4.78 is 0. The Labute approximate surface area is 184 Å². The molecule has 0 aromatic heterocycles. The standard InChI is InChI=1S/C20H37BN4O6/c1-12(21(30)31)23-16(27)11-22-18(28)15(10-20(3,4)5)25-19(29)17(24-13(2)26)14-8-6-7-9-14/h12,14-15,17,30-31H,6-11H2,1-5H3,(H,22,28)(H,23,27)(H,24,26)(H,25,29)/t12-,15-,17-/m0/s1. The molecule has 6 N–H and O–H groups in total. The van der Waals surface area contributed by atoms with Crippen LogP contribution in [0.15, 0.2) is 0 Å². The van der Waals surface area contributed by atoms with Crippen molar-refractivity contribution < 1.29 is 29.2 Å². The maximum atomic E-state index is 13.0. The van der Waals surface area contributed by atoms with E-state index in [1.165, 1.54) is 13.8 Å². The molecule has 10 nitrogen and oxygen atoms in total. The van der Waals surface area contributed by atoms with Gasteiger partial charge in [-0.15, -0.1) is 0 Å². The molecule has 0 aliphatic heterocycles. The van der Waals surface area contributed by atoms with Crippen LogP contribution in [0.4, 0.5) is 0 Å². The zero-order valence-corrected chi connectivity index (χ0v) is 19.2. The number of carbonyl (C=O) groups excluding carboxylic acids is 4. The fraction of sp³-hybridized carbons (Fsp3) is 0.800. The van der Waals surface area contributed by atoms with Crippen molar-refractivity contribution >= 4 is 30.7 Å². The van der Waals surface area contributed by atoms with E-state index >= 15 is 0 Å². The van der Waals surface area contributed by atoms with Gasteiger partial charge in [0.1, 0.15) is 12.1 Å². The highest BCUT2D eigenvalue weighted by Gasteiger charge is 2.35. The van der Waals surface area contributed by atoms with Crippen LogP contribution >= 0.6 is 0 Å². The fourth-order valence-electron chi connectivity index (χ4n) is 3.66. The van der Waals surface area contributed by atoms with Crippen molar-refractivity contribution in [3.8, 4) is 0 Å². The van der Waals surface area contributed by atoms with Gasteiger partial charge in [0.2, 0.25) is 23.6 Å². The minimum atomic E-state index is -1.71. The monoisotopic (exact) mass is 440 g/mol. The fourth-order valence-corrected chi connectivity index (χ4v) is 3.66. The average Bonchev–Trinajstić information content (AvgIpc) is 3.16.